The first-order valence-corrected chi connectivity index (χ1v) is 8.75. The first kappa shape index (κ1) is 17.0. The van der Waals surface area contributed by atoms with Gasteiger partial charge in [0.2, 0.25) is 5.16 Å². The van der Waals surface area contributed by atoms with Gasteiger partial charge in [-0.2, -0.15) is 0 Å². The van der Waals surface area contributed by atoms with E-state index >= 15 is 0 Å². The van der Waals surface area contributed by atoms with Gasteiger partial charge in [0.25, 0.3) is 0 Å². The van der Waals surface area contributed by atoms with Crippen molar-refractivity contribution >= 4 is 35.0 Å². The predicted octanol–water partition coefficient (Wildman–Crippen LogP) is 4.27. The second-order valence-corrected chi connectivity index (χ2v) is 6.65. The summed E-state index contributed by atoms with van der Waals surface area (Å²) in [5.41, 5.74) is 1.67. The third-order valence-corrected chi connectivity index (χ3v) is 5.08. The van der Waals surface area contributed by atoms with Crippen molar-refractivity contribution in [2.75, 3.05) is 13.0 Å². The van der Waals surface area contributed by atoms with Crippen LogP contribution >= 0.6 is 35.0 Å². The molecule has 0 aliphatic heterocycles. The molecule has 8 heteroatoms. The lowest BCUT2D eigenvalue weighted by molar-refractivity contribution is 0.415. The standard InChI is InChI=1S/C16H14Cl2N4OS/c1-23-11-5-2-4-10(8-11)15-20-21-16(22(15)19)24-9-12-13(17)6-3-7-14(12)18/h2-8H,9,19H2,1H3. The number of rotatable bonds is 5. The molecule has 24 heavy (non-hydrogen) atoms. The number of halogens is 2. The van der Waals surface area contributed by atoms with Gasteiger partial charge in [-0.25, -0.2) is 4.68 Å². The van der Waals surface area contributed by atoms with E-state index < -0.39 is 0 Å². The summed E-state index contributed by atoms with van der Waals surface area (Å²) < 4.78 is 6.67. The van der Waals surface area contributed by atoms with E-state index in [0.29, 0.717) is 26.8 Å². The fraction of sp³-hybridized carbons (Fsp3) is 0.125. The van der Waals surface area contributed by atoms with E-state index in [4.69, 9.17) is 33.8 Å². The third-order valence-electron chi connectivity index (χ3n) is 3.40. The Morgan fingerprint density at radius 3 is 2.54 bits per heavy atom. The molecule has 2 N–H and O–H groups in total. The molecule has 0 aliphatic rings. The Balaban J connectivity index is 1.82. The van der Waals surface area contributed by atoms with Gasteiger partial charge in [-0.05, 0) is 29.8 Å². The SMILES string of the molecule is COc1cccc(-c2nnc(SCc3c(Cl)cccc3Cl)n2N)c1. The quantitative estimate of drug-likeness (QED) is 0.528. The summed E-state index contributed by atoms with van der Waals surface area (Å²) in [7, 11) is 1.61. The van der Waals surface area contributed by atoms with Crippen LogP contribution in [-0.4, -0.2) is 22.0 Å². The molecule has 124 valence electrons. The Labute approximate surface area is 153 Å². The van der Waals surface area contributed by atoms with Gasteiger partial charge >= 0.3 is 0 Å². The molecule has 0 amide bonds. The maximum absolute atomic E-state index is 6.18. The Morgan fingerprint density at radius 2 is 1.83 bits per heavy atom. The van der Waals surface area contributed by atoms with Gasteiger partial charge < -0.3 is 10.6 Å². The number of aromatic nitrogens is 3. The molecular weight excluding hydrogens is 367 g/mol. The highest BCUT2D eigenvalue weighted by Crippen LogP contribution is 2.31. The van der Waals surface area contributed by atoms with Gasteiger partial charge in [0.05, 0.1) is 7.11 Å². The fourth-order valence-corrected chi connectivity index (χ4v) is 3.74. The minimum absolute atomic E-state index is 0.548. The minimum Gasteiger partial charge on any atom is -0.497 e. The number of methoxy groups -OCH3 is 1. The normalized spacial score (nSPS) is 10.8. The summed E-state index contributed by atoms with van der Waals surface area (Å²) in [6, 6.07) is 12.9. The van der Waals surface area contributed by atoms with E-state index in [-0.39, 0.29) is 0 Å². The van der Waals surface area contributed by atoms with Gasteiger partial charge in [-0.15, -0.1) is 10.2 Å². The van der Waals surface area contributed by atoms with Crippen LogP contribution in [0.1, 0.15) is 5.56 Å². The number of hydrogen-bond acceptors (Lipinski definition) is 5. The molecule has 1 heterocycles. The maximum atomic E-state index is 6.18. The van der Waals surface area contributed by atoms with Crippen LogP contribution in [0.15, 0.2) is 47.6 Å². The summed E-state index contributed by atoms with van der Waals surface area (Å²) in [6.07, 6.45) is 0. The van der Waals surface area contributed by atoms with Crippen LogP contribution in [0.3, 0.4) is 0 Å². The highest BCUT2D eigenvalue weighted by Gasteiger charge is 2.14. The fourth-order valence-electron chi connectivity index (χ4n) is 2.14. The molecule has 2 aromatic carbocycles. The summed E-state index contributed by atoms with van der Waals surface area (Å²) in [6.45, 7) is 0. The summed E-state index contributed by atoms with van der Waals surface area (Å²) >= 11 is 13.8. The Bertz CT molecular complexity index is 849. The smallest absolute Gasteiger partial charge is 0.210 e. The van der Waals surface area contributed by atoms with Crippen molar-refractivity contribution in [3.05, 3.63) is 58.1 Å². The van der Waals surface area contributed by atoms with Crippen LogP contribution in [-0.2, 0) is 5.75 Å². The minimum atomic E-state index is 0.548. The van der Waals surface area contributed by atoms with E-state index in [1.807, 2.05) is 30.3 Å². The maximum Gasteiger partial charge on any atom is 0.210 e. The van der Waals surface area contributed by atoms with Crippen molar-refractivity contribution in [2.24, 2.45) is 0 Å². The van der Waals surface area contributed by atoms with Crippen LogP contribution in [0.4, 0.5) is 0 Å². The van der Waals surface area contributed by atoms with Gasteiger partial charge in [0.15, 0.2) is 5.82 Å². The van der Waals surface area contributed by atoms with Crippen LogP contribution in [0, 0.1) is 0 Å². The summed E-state index contributed by atoms with van der Waals surface area (Å²) in [4.78, 5) is 0. The van der Waals surface area contributed by atoms with Crippen molar-refractivity contribution < 1.29 is 4.74 Å². The molecule has 0 saturated heterocycles. The average Bonchev–Trinajstić information content (AvgIpc) is 2.95. The molecule has 5 nitrogen and oxygen atoms in total. The topological polar surface area (TPSA) is 66.0 Å². The largest absolute Gasteiger partial charge is 0.497 e. The van der Waals surface area contributed by atoms with Crippen LogP contribution < -0.4 is 10.6 Å². The second kappa shape index (κ2) is 7.34. The first-order valence-electron chi connectivity index (χ1n) is 7.00. The number of ether oxygens (including phenoxy) is 1. The number of hydrogen-bond donors (Lipinski definition) is 1. The molecule has 0 unspecified atom stereocenters. The van der Waals surface area contributed by atoms with Crippen molar-refractivity contribution in [1.82, 2.24) is 14.9 Å². The number of nitrogens with zero attached hydrogens (tertiary/aromatic N) is 3. The first-order chi connectivity index (χ1) is 11.6. The number of benzene rings is 2. The molecular formula is C16H14Cl2N4OS. The number of thioether (sulfide) groups is 1. The van der Waals surface area contributed by atoms with Crippen LogP contribution in [0.25, 0.3) is 11.4 Å². The van der Waals surface area contributed by atoms with Gasteiger partial charge in [-0.3, -0.25) is 0 Å². The average molecular weight is 381 g/mol. The lowest BCUT2D eigenvalue weighted by Crippen LogP contribution is -2.11. The van der Waals surface area contributed by atoms with Crippen molar-refractivity contribution in [3.8, 4) is 17.1 Å². The van der Waals surface area contributed by atoms with Crippen molar-refractivity contribution in [1.29, 1.82) is 0 Å². The molecule has 0 bridgehead atoms. The molecule has 3 aromatic rings. The zero-order chi connectivity index (χ0) is 17.1. The van der Waals surface area contributed by atoms with E-state index in [2.05, 4.69) is 10.2 Å². The lowest BCUT2D eigenvalue weighted by atomic mass is 10.2. The summed E-state index contributed by atoms with van der Waals surface area (Å²) in [5, 5.41) is 10.1. The molecule has 3 rings (SSSR count). The highest BCUT2D eigenvalue weighted by atomic mass is 35.5. The Kier molecular flexibility index (Phi) is 5.18. The number of nitrogen functional groups attached to an aromatic ring is 1. The predicted molar refractivity (Wildman–Crippen MR) is 98.2 cm³/mol. The lowest BCUT2D eigenvalue weighted by Gasteiger charge is -2.07. The van der Waals surface area contributed by atoms with Crippen molar-refractivity contribution in [2.45, 2.75) is 10.9 Å². The Morgan fingerprint density at radius 1 is 1.12 bits per heavy atom. The van der Waals surface area contributed by atoms with Gasteiger partial charge in [-0.1, -0.05) is 53.2 Å². The molecule has 0 atom stereocenters. The van der Waals surface area contributed by atoms with Crippen molar-refractivity contribution in [3.63, 3.8) is 0 Å². The zero-order valence-corrected chi connectivity index (χ0v) is 15.1. The van der Waals surface area contributed by atoms with Gasteiger partial charge in [0.1, 0.15) is 5.75 Å². The van der Waals surface area contributed by atoms with Crippen LogP contribution in [0.5, 0.6) is 5.75 Å². The second-order valence-electron chi connectivity index (χ2n) is 4.90. The van der Waals surface area contributed by atoms with E-state index in [1.165, 1.54) is 16.4 Å². The summed E-state index contributed by atoms with van der Waals surface area (Å²) in [5.74, 6) is 7.97. The zero-order valence-electron chi connectivity index (χ0n) is 12.7. The molecule has 0 fully saturated rings. The monoisotopic (exact) mass is 380 g/mol. The third kappa shape index (κ3) is 3.45. The number of nitrogens with two attached hydrogens (primary N) is 1. The van der Waals surface area contributed by atoms with E-state index in [9.17, 15) is 0 Å². The molecule has 0 radical (unpaired) electrons. The van der Waals surface area contributed by atoms with Gasteiger partial charge in [0, 0.05) is 21.4 Å². The molecule has 1 aromatic heterocycles. The molecule has 0 spiro atoms. The Hall–Kier alpha value is -1.89. The van der Waals surface area contributed by atoms with E-state index in [1.54, 1.807) is 19.2 Å². The van der Waals surface area contributed by atoms with E-state index in [0.717, 1.165) is 16.9 Å². The molecule has 0 saturated carbocycles. The van der Waals surface area contributed by atoms with Crippen LogP contribution in [0.2, 0.25) is 10.0 Å². The highest BCUT2D eigenvalue weighted by molar-refractivity contribution is 7.98. The molecule has 0 aliphatic carbocycles.